The summed E-state index contributed by atoms with van der Waals surface area (Å²) in [4.78, 5) is 27.3. The van der Waals surface area contributed by atoms with Gasteiger partial charge < -0.3 is 19.7 Å². The molecule has 0 aliphatic carbocycles. The fourth-order valence-corrected chi connectivity index (χ4v) is 5.83. The molecule has 0 bridgehead atoms. The highest BCUT2D eigenvalue weighted by Crippen LogP contribution is 2.36. The van der Waals surface area contributed by atoms with Crippen molar-refractivity contribution < 1.29 is 18.0 Å². The smallest absolute Gasteiger partial charge is 0.356 e. The highest BCUT2D eigenvalue weighted by atomic mass is 32.1. The third-order valence-corrected chi connectivity index (χ3v) is 7.51. The van der Waals surface area contributed by atoms with E-state index in [9.17, 15) is 18.0 Å². The van der Waals surface area contributed by atoms with Crippen molar-refractivity contribution >= 4 is 39.2 Å². The van der Waals surface area contributed by atoms with Crippen LogP contribution in [0.5, 0.6) is 0 Å². The summed E-state index contributed by atoms with van der Waals surface area (Å²) in [5, 5.41) is 11.0. The van der Waals surface area contributed by atoms with Crippen LogP contribution in [0, 0.1) is 5.92 Å². The summed E-state index contributed by atoms with van der Waals surface area (Å²) in [5.74, 6) is 0.927. The molecule has 3 aromatic heterocycles. The van der Waals surface area contributed by atoms with E-state index in [1.54, 1.807) is 11.3 Å². The number of amides is 1. The number of rotatable bonds is 6. The minimum Gasteiger partial charge on any atom is -0.356 e. The summed E-state index contributed by atoms with van der Waals surface area (Å²) in [5.41, 5.74) is 0. The number of nitrogens with one attached hydrogen (secondary N) is 1. The molecule has 1 atom stereocenters. The second-order valence-corrected chi connectivity index (χ2v) is 10.2. The Balaban J connectivity index is 1.46. The van der Waals surface area contributed by atoms with Gasteiger partial charge in [-0.05, 0) is 24.8 Å². The van der Waals surface area contributed by atoms with Crippen LogP contribution in [0.2, 0.25) is 0 Å². The van der Waals surface area contributed by atoms with E-state index in [2.05, 4.69) is 33.4 Å². The van der Waals surface area contributed by atoms with E-state index < -0.39 is 12.0 Å². The molecule has 1 saturated heterocycles. The van der Waals surface area contributed by atoms with Crippen LogP contribution in [0.25, 0.3) is 10.2 Å². The minimum atomic E-state index is -4.53. The van der Waals surface area contributed by atoms with Gasteiger partial charge in [-0.2, -0.15) is 18.2 Å². The number of carbonyl (C=O) groups is 1. The Labute approximate surface area is 204 Å². The van der Waals surface area contributed by atoms with Crippen molar-refractivity contribution in [1.82, 2.24) is 30.0 Å². The zero-order chi connectivity index (χ0) is 24.7. The van der Waals surface area contributed by atoms with Gasteiger partial charge >= 0.3 is 6.18 Å². The summed E-state index contributed by atoms with van der Waals surface area (Å²) in [6, 6.07) is 2.10. The quantitative estimate of drug-likeness (QED) is 0.547. The third-order valence-electron chi connectivity index (χ3n) is 6.42. The Morgan fingerprint density at radius 1 is 1.20 bits per heavy atom. The molecule has 5 heterocycles. The van der Waals surface area contributed by atoms with Gasteiger partial charge in [0, 0.05) is 44.5 Å². The highest BCUT2D eigenvalue weighted by molar-refractivity contribution is 7.18. The Morgan fingerprint density at radius 3 is 2.77 bits per heavy atom. The molecule has 188 valence electrons. The van der Waals surface area contributed by atoms with Crippen LogP contribution in [-0.4, -0.2) is 56.8 Å². The molecule has 3 aromatic rings. The molecule has 0 saturated carbocycles. The monoisotopic (exact) mass is 508 g/mol. The number of thiophene rings is 1. The zero-order valence-electron chi connectivity index (χ0n) is 19.6. The maximum atomic E-state index is 13.3. The molecular formula is C22H27F3N8OS. The first kappa shape index (κ1) is 23.8. The maximum absolute atomic E-state index is 13.3. The molecule has 1 unspecified atom stereocenters. The Bertz CT molecular complexity index is 1240. The summed E-state index contributed by atoms with van der Waals surface area (Å²) in [7, 11) is 0. The predicted octanol–water partition coefficient (Wildman–Crippen LogP) is 3.24. The first-order valence-corrected chi connectivity index (χ1v) is 12.6. The lowest BCUT2D eigenvalue weighted by Gasteiger charge is -2.30. The summed E-state index contributed by atoms with van der Waals surface area (Å²) in [6.45, 7) is 6.46. The van der Waals surface area contributed by atoms with Crippen LogP contribution in [-0.2, 0) is 30.5 Å². The first-order valence-electron chi connectivity index (χ1n) is 11.8. The largest absolute Gasteiger partial charge is 0.451 e. The van der Waals surface area contributed by atoms with Gasteiger partial charge in [-0.15, -0.1) is 21.5 Å². The summed E-state index contributed by atoms with van der Waals surface area (Å²) in [6.07, 6.45) is -1.67. The van der Waals surface area contributed by atoms with Crippen LogP contribution >= 0.6 is 11.3 Å². The Hall–Kier alpha value is -2.96. The molecule has 9 nitrogen and oxygen atoms in total. The van der Waals surface area contributed by atoms with Crippen LogP contribution in [0.15, 0.2) is 6.07 Å². The number of nitrogens with zero attached hydrogens (tertiary/aromatic N) is 7. The maximum Gasteiger partial charge on any atom is 0.451 e. The second-order valence-electron chi connectivity index (χ2n) is 9.08. The lowest BCUT2D eigenvalue weighted by atomic mass is 10.1. The Kier molecular flexibility index (Phi) is 6.28. The second kappa shape index (κ2) is 9.25. The number of anilines is 2. The van der Waals surface area contributed by atoms with Gasteiger partial charge in [-0.3, -0.25) is 4.79 Å². The molecule has 2 aliphatic rings. The first-order chi connectivity index (χ1) is 16.7. The van der Waals surface area contributed by atoms with Crippen LogP contribution < -0.4 is 15.1 Å². The molecule has 0 radical (unpaired) electrons. The van der Waals surface area contributed by atoms with Crippen LogP contribution in [0.1, 0.15) is 43.2 Å². The number of aromatic nitrogens is 5. The van der Waals surface area contributed by atoms with Crippen molar-refractivity contribution in [3.05, 3.63) is 22.6 Å². The van der Waals surface area contributed by atoms with E-state index in [1.807, 2.05) is 4.90 Å². The number of alkyl halides is 3. The van der Waals surface area contributed by atoms with Crippen molar-refractivity contribution in [3.63, 3.8) is 0 Å². The van der Waals surface area contributed by atoms with E-state index in [0.29, 0.717) is 25.0 Å². The van der Waals surface area contributed by atoms with E-state index in [4.69, 9.17) is 9.97 Å². The van der Waals surface area contributed by atoms with Crippen LogP contribution in [0.4, 0.5) is 24.9 Å². The Morgan fingerprint density at radius 2 is 2.03 bits per heavy atom. The number of carbonyl (C=O) groups excluding carboxylic acids is 1. The molecule has 0 spiro atoms. The minimum absolute atomic E-state index is 0.0444. The lowest BCUT2D eigenvalue weighted by Crippen LogP contribution is -2.36. The molecule has 1 fully saturated rings. The topological polar surface area (TPSA) is 92.1 Å². The summed E-state index contributed by atoms with van der Waals surface area (Å²) >= 11 is 1.64. The predicted molar refractivity (Wildman–Crippen MR) is 126 cm³/mol. The molecule has 2 aliphatic heterocycles. The number of hydrogen-bond acceptors (Lipinski definition) is 8. The summed E-state index contributed by atoms with van der Waals surface area (Å²) < 4.78 is 41.0. The molecular weight excluding hydrogens is 481 g/mol. The van der Waals surface area contributed by atoms with Gasteiger partial charge in [-0.25, -0.2) is 4.98 Å². The SMILES string of the molecule is CCCc1cc2c(N3CCn4c(nnc4C(F)(F)F)C3)nc(N3CCC(CNC(C)=O)C3)nc2s1. The normalized spacial score (nSPS) is 18.4. The van der Waals surface area contributed by atoms with Gasteiger partial charge in [0.1, 0.15) is 10.6 Å². The average molecular weight is 509 g/mol. The van der Waals surface area contributed by atoms with Crippen molar-refractivity contribution in [3.8, 4) is 0 Å². The average Bonchev–Trinajstić information content (AvgIpc) is 3.53. The highest BCUT2D eigenvalue weighted by Gasteiger charge is 2.40. The molecule has 0 aromatic carbocycles. The van der Waals surface area contributed by atoms with Gasteiger partial charge in [0.2, 0.25) is 17.7 Å². The van der Waals surface area contributed by atoms with E-state index in [0.717, 1.165) is 53.0 Å². The molecule has 5 rings (SSSR count). The van der Waals surface area contributed by atoms with Gasteiger partial charge in [-0.1, -0.05) is 13.3 Å². The number of aryl methyl sites for hydroxylation is 1. The van der Waals surface area contributed by atoms with E-state index in [1.165, 1.54) is 11.8 Å². The van der Waals surface area contributed by atoms with Crippen LogP contribution in [0.3, 0.4) is 0 Å². The zero-order valence-corrected chi connectivity index (χ0v) is 20.4. The van der Waals surface area contributed by atoms with Crippen molar-refractivity contribution in [2.75, 3.05) is 36.0 Å². The fourth-order valence-electron chi connectivity index (χ4n) is 4.71. The van der Waals surface area contributed by atoms with Crippen molar-refractivity contribution in [2.24, 2.45) is 5.92 Å². The van der Waals surface area contributed by atoms with E-state index in [-0.39, 0.29) is 24.8 Å². The lowest BCUT2D eigenvalue weighted by molar-refractivity contribution is -0.147. The fraction of sp³-hybridized carbons (Fsp3) is 0.591. The molecule has 1 N–H and O–H groups in total. The standard InChI is InChI=1S/C22H27F3N8OS/c1-3-4-15-9-16-18(31-7-8-33-17(12-31)29-30-20(33)22(23,24)25)27-21(28-19(16)35-15)32-6-5-14(11-32)10-26-13(2)34/h9,14H,3-8,10-12H2,1-2H3,(H,26,34). The number of halogens is 3. The third kappa shape index (κ3) is 4.78. The molecule has 13 heteroatoms. The molecule has 1 amide bonds. The van der Waals surface area contributed by atoms with Crippen molar-refractivity contribution in [2.45, 2.75) is 52.4 Å². The van der Waals surface area contributed by atoms with E-state index >= 15 is 0 Å². The van der Waals surface area contributed by atoms with Gasteiger partial charge in [0.25, 0.3) is 0 Å². The number of fused-ring (bicyclic) bond motifs is 2. The van der Waals surface area contributed by atoms with Gasteiger partial charge in [0.15, 0.2) is 5.82 Å². The van der Waals surface area contributed by atoms with Crippen molar-refractivity contribution in [1.29, 1.82) is 0 Å². The van der Waals surface area contributed by atoms with Gasteiger partial charge in [0.05, 0.1) is 11.9 Å². The molecule has 35 heavy (non-hydrogen) atoms. The number of hydrogen-bond donors (Lipinski definition) is 1.